The molecule has 0 bridgehead atoms. The number of nitriles is 1. The van der Waals surface area contributed by atoms with Gasteiger partial charge in [0.2, 0.25) is 0 Å². The molecule has 3 rings (SSSR count). The van der Waals surface area contributed by atoms with Gasteiger partial charge in [-0.15, -0.1) is 0 Å². The summed E-state index contributed by atoms with van der Waals surface area (Å²) in [6.45, 7) is 6.14. The third-order valence-corrected chi connectivity index (χ3v) is 5.00. The van der Waals surface area contributed by atoms with Gasteiger partial charge in [0.1, 0.15) is 11.9 Å². The van der Waals surface area contributed by atoms with Crippen LogP contribution in [0.4, 0.5) is 5.82 Å². The van der Waals surface area contributed by atoms with Gasteiger partial charge in [-0.2, -0.15) is 5.26 Å². The van der Waals surface area contributed by atoms with Gasteiger partial charge in [-0.3, -0.25) is 4.79 Å². The van der Waals surface area contributed by atoms with Crippen LogP contribution in [0.2, 0.25) is 0 Å². The summed E-state index contributed by atoms with van der Waals surface area (Å²) in [6, 6.07) is 4.10. The standard InChI is InChI=1S/C18H24N4O2/c1-13-10-14(2)20-16(15(13)11-19)22-9-5-6-18(24,12-22)17(23)21-7-3-4-8-21/h10,24H,3-9,12H2,1-2H3/t18-/m1/s1. The Kier molecular flexibility index (Phi) is 4.46. The zero-order valence-electron chi connectivity index (χ0n) is 14.4. The van der Waals surface area contributed by atoms with Crippen LogP contribution in [-0.4, -0.2) is 52.7 Å². The summed E-state index contributed by atoms with van der Waals surface area (Å²) in [5.74, 6) is 0.412. The number of aromatic nitrogens is 1. The van der Waals surface area contributed by atoms with Crippen LogP contribution in [0, 0.1) is 25.2 Å². The maximum atomic E-state index is 12.8. The lowest BCUT2D eigenvalue weighted by atomic mass is 9.91. The number of likely N-dealkylation sites (tertiary alicyclic amines) is 1. The minimum absolute atomic E-state index is 0.174. The van der Waals surface area contributed by atoms with Gasteiger partial charge >= 0.3 is 0 Å². The van der Waals surface area contributed by atoms with E-state index in [2.05, 4.69) is 11.1 Å². The second kappa shape index (κ2) is 6.40. The first-order chi connectivity index (χ1) is 11.4. The Hall–Kier alpha value is -2.13. The number of carbonyl (C=O) groups excluding carboxylic acids is 1. The number of piperidine rings is 1. The third-order valence-electron chi connectivity index (χ3n) is 5.00. The van der Waals surface area contributed by atoms with E-state index in [9.17, 15) is 15.2 Å². The summed E-state index contributed by atoms with van der Waals surface area (Å²) < 4.78 is 0. The molecule has 0 aromatic carbocycles. The van der Waals surface area contributed by atoms with Crippen molar-refractivity contribution in [2.45, 2.75) is 45.1 Å². The first-order valence-corrected chi connectivity index (χ1v) is 8.60. The van der Waals surface area contributed by atoms with E-state index in [1.807, 2.05) is 24.8 Å². The summed E-state index contributed by atoms with van der Waals surface area (Å²) in [7, 11) is 0. The number of carbonyl (C=O) groups is 1. The molecule has 1 atom stereocenters. The fraction of sp³-hybridized carbons (Fsp3) is 0.611. The highest BCUT2D eigenvalue weighted by atomic mass is 16.3. The highest BCUT2D eigenvalue weighted by Crippen LogP contribution is 2.30. The maximum absolute atomic E-state index is 12.8. The zero-order valence-corrected chi connectivity index (χ0v) is 14.4. The first kappa shape index (κ1) is 16.7. The van der Waals surface area contributed by atoms with Crippen molar-refractivity contribution in [1.29, 1.82) is 5.26 Å². The number of nitrogens with zero attached hydrogens (tertiary/aromatic N) is 4. The van der Waals surface area contributed by atoms with E-state index in [0.29, 0.717) is 30.8 Å². The minimum Gasteiger partial charge on any atom is -0.378 e. The van der Waals surface area contributed by atoms with E-state index in [0.717, 1.165) is 37.2 Å². The van der Waals surface area contributed by atoms with Crippen LogP contribution in [0.15, 0.2) is 6.07 Å². The second-order valence-corrected chi connectivity index (χ2v) is 6.95. The van der Waals surface area contributed by atoms with Crippen molar-refractivity contribution >= 4 is 11.7 Å². The molecule has 6 heteroatoms. The predicted molar refractivity (Wildman–Crippen MR) is 90.6 cm³/mol. The number of anilines is 1. The van der Waals surface area contributed by atoms with Gasteiger partial charge in [-0.05, 0) is 51.2 Å². The van der Waals surface area contributed by atoms with Crippen LogP contribution in [-0.2, 0) is 4.79 Å². The van der Waals surface area contributed by atoms with Crippen molar-refractivity contribution in [2.24, 2.45) is 0 Å². The van der Waals surface area contributed by atoms with Crippen molar-refractivity contribution in [3.8, 4) is 6.07 Å². The van der Waals surface area contributed by atoms with Gasteiger partial charge in [0, 0.05) is 25.3 Å². The smallest absolute Gasteiger partial charge is 0.256 e. The lowest BCUT2D eigenvalue weighted by molar-refractivity contribution is -0.151. The monoisotopic (exact) mass is 328 g/mol. The topological polar surface area (TPSA) is 80.5 Å². The number of hydrogen-bond acceptors (Lipinski definition) is 5. The average molecular weight is 328 g/mol. The summed E-state index contributed by atoms with van der Waals surface area (Å²) >= 11 is 0. The van der Waals surface area contributed by atoms with Gasteiger partial charge < -0.3 is 14.9 Å². The number of aliphatic hydroxyl groups is 1. The second-order valence-electron chi connectivity index (χ2n) is 6.95. The Labute approximate surface area is 142 Å². The van der Waals surface area contributed by atoms with Crippen molar-refractivity contribution in [3.05, 3.63) is 22.9 Å². The highest BCUT2D eigenvalue weighted by Gasteiger charge is 2.44. The number of pyridine rings is 1. The zero-order chi connectivity index (χ0) is 17.3. The Bertz CT molecular complexity index is 691. The van der Waals surface area contributed by atoms with Crippen LogP contribution >= 0.6 is 0 Å². The van der Waals surface area contributed by atoms with E-state index in [1.54, 1.807) is 4.90 Å². The number of amides is 1. The molecule has 0 unspecified atom stereocenters. The molecule has 1 N–H and O–H groups in total. The van der Waals surface area contributed by atoms with Crippen LogP contribution in [0.3, 0.4) is 0 Å². The van der Waals surface area contributed by atoms with Crippen molar-refractivity contribution in [1.82, 2.24) is 9.88 Å². The predicted octanol–water partition coefficient (Wildman–Crippen LogP) is 1.52. The van der Waals surface area contributed by atoms with E-state index in [4.69, 9.17) is 0 Å². The molecule has 1 aromatic rings. The highest BCUT2D eigenvalue weighted by molar-refractivity contribution is 5.86. The van der Waals surface area contributed by atoms with Crippen molar-refractivity contribution in [3.63, 3.8) is 0 Å². The van der Waals surface area contributed by atoms with E-state index < -0.39 is 5.60 Å². The molecule has 3 heterocycles. The van der Waals surface area contributed by atoms with Crippen LogP contribution < -0.4 is 4.90 Å². The van der Waals surface area contributed by atoms with E-state index >= 15 is 0 Å². The van der Waals surface area contributed by atoms with E-state index in [-0.39, 0.29) is 12.5 Å². The largest absolute Gasteiger partial charge is 0.378 e. The fourth-order valence-corrected chi connectivity index (χ4v) is 3.79. The van der Waals surface area contributed by atoms with Gasteiger partial charge in [-0.25, -0.2) is 4.98 Å². The summed E-state index contributed by atoms with van der Waals surface area (Å²) in [5.41, 5.74) is 0.856. The SMILES string of the molecule is Cc1cc(C)c(C#N)c(N2CCC[C@](O)(C(=O)N3CCCC3)C2)n1. The van der Waals surface area contributed by atoms with Crippen LogP contribution in [0.5, 0.6) is 0 Å². The molecule has 2 saturated heterocycles. The molecule has 0 aliphatic carbocycles. The average Bonchev–Trinajstić information content (AvgIpc) is 3.08. The van der Waals surface area contributed by atoms with Gasteiger partial charge in [0.05, 0.1) is 12.1 Å². The molecule has 128 valence electrons. The Balaban J connectivity index is 1.88. The maximum Gasteiger partial charge on any atom is 0.256 e. The van der Waals surface area contributed by atoms with Crippen LogP contribution in [0.25, 0.3) is 0 Å². The number of hydrogen-bond donors (Lipinski definition) is 1. The number of rotatable bonds is 2. The third kappa shape index (κ3) is 2.96. The van der Waals surface area contributed by atoms with Crippen LogP contribution in [0.1, 0.15) is 42.5 Å². The van der Waals surface area contributed by atoms with Gasteiger partial charge in [0.15, 0.2) is 5.60 Å². The number of aryl methyl sites for hydroxylation is 2. The van der Waals surface area contributed by atoms with Gasteiger partial charge in [0.25, 0.3) is 5.91 Å². The molecular weight excluding hydrogens is 304 g/mol. The Morgan fingerprint density at radius 2 is 2.00 bits per heavy atom. The van der Waals surface area contributed by atoms with E-state index in [1.165, 1.54) is 0 Å². The molecular formula is C18H24N4O2. The Morgan fingerprint density at radius 1 is 1.29 bits per heavy atom. The molecule has 24 heavy (non-hydrogen) atoms. The molecule has 1 aromatic heterocycles. The number of β-amino-alcohol motifs (C(OH)–C–C–N with tert-alkyl or cyclic N) is 1. The molecule has 2 fully saturated rings. The lowest BCUT2D eigenvalue weighted by Crippen LogP contribution is -2.58. The summed E-state index contributed by atoms with van der Waals surface area (Å²) in [6.07, 6.45) is 3.17. The normalized spacial score (nSPS) is 24.1. The molecule has 6 nitrogen and oxygen atoms in total. The fourth-order valence-electron chi connectivity index (χ4n) is 3.79. The molecule has 0 radical (unpaired) electrons. The quantitative estimate of drug-likeness (QED) is 0.890. The summed E-state index contributed by atoms with van der Waals surface area (Å²) in [4.78, 5) is 20.9. The molecule has 2 aliphatic rings. The minimum atomic E-state index is -1.38. The molecule has 0 spiro atoms. The molecule has 2 aliphatic heterocycles. The molecule has 1 amide bonds. The van der Waals surface area contributed by atoms with Crippen molar-refractivity contribution in [2.75, 3.05) is 31.1 Å². The summed E-state index contributed by atoms with van der Waals surface area (Å²) in [5, 5.41) is 20.5. The molecule has 0 saturated carbocycles. The van der Waals surface area contributed by atoms with Gasteiger partial charge in [-0.1, -0.05) is 0 Å². The lowest BCUT2D eigenvalue weighted by Gasteiger charge is -2.40. The first-order valence-electron chi connectivity index (χ1n) is 8.60. The van der Waals surface area contributed by atoms with Crippen molar-refractivity contribution < 1.29 is 9.90 Å². The Morgan fingerprint density at radius 3 is 2.67 bits per heavy atom.